The SMILES string of the molecule is CN(CC1CCC(n2cc3cc(NC(=O)c4ncccc4F)c(C(C)(C)O)cc3n2)CC1)C1CCN(c2cccc3c2n(C)c(=O)n3C2CCC(=O)NC2=O)CC1. The van der Waals surface area contributed by atoms with Crippen LogP contribution in [0.1, 0.15) is 93.3 Å². The molecule has 5 heterocycles. The van der Waals surface area contributed by atoms with Gasteiger partial charge in [-0.3, -0.25) is 33.5 Å². The number of benzene rings is 2. The van der Waals surface area contributed by atoms with Crippen LogP contribution in [0, 0.1) is 11.7 Å². The van der Waals surface area contributed by atoms with E-state index in [1.54, 1.807) is 42.2 Å². The lowest BCUT2D eigenvalue weighted by Gasteiger charge is -2.40. The van der Waals surface area contributed by atoms with Gasteiger partial charge in [0.1, 0.15) is 6.04 Å². The number of amides is 3. The Labute approximate surface area is 329 Å². The minimum absolute atomic E-state index is 0.207. The molecule has 3 aromatic heterocycles. The Bertz CT molecular complexity index is 2410. The summed E-state index contributed by atoms with van der Waals surface area (Å²) in [4.78, 5) is 59.7. The predicted molar refractivity (Wildman–Crippen MR) is 215 cm³/mol. The van der Waals surface area contributed by atoms with E-state index in [1.165, 1.54) is 18.3 Å². The molecule has 14 nitrogen and oxygen atoms in total. The summed E-state index contributed by atoms with van der Waals surface area (Å²) in [6.07, 6.45) is 10.0. The number of carbonyl (C=O) groups excluding carboxylic acids is 3. The first-order valence-electron chi connectivity index (χ1n) is 19.9. The lowest BCUT2D eigenvalue weighted by Crippen LogP contribution is -2.45. The fourth-order valence-electron chi connectivity index (χ4n) is 9.22. The maximum atomic E-state index is 14.3. The van der Waals surface area contributed by atoms with Crippen molar-refractivity contribution >= 4 is 51.0 Å². The van der Waals surface area contributed by atoms with Gasteiger partial charge in [0.05, 0.1) is 33.9 Å². The number of piperidine rings is 2. The molecular formula is C42H50FN9O5. The number of para-hydroxylation sites is 1. The van der Waals surface area contributed by atoms with Gasteiger partial charge < -0.3 is 20.2 Å². The number of fused-ring (bicyclic) bond motifs is 2. The second-order valence-electron chi connectivity index (χ2n) is 16.6. The van der Waals surface area contributed by atoms with Crippen LogP contribution < -0.4 is 21.2 Å². The molecule has 0 bridgehead atoms. The minimum Gasteiger partial charge on any atom is -0.386 e. The van der Waals surface area contributed by atoms with E-state index in [-0.39, 0.29) is 29.8 Å². The van der Waals surface area contributed by atoms with Crippen LogP contribution in [0.2, 0.25) is 0 Å². The number of aromatic nitrogens is 5. The zero-order chi connectivity index (χ0) is 40.2. The van der Waals surface area contributed by atoms with Gasteiger partial charge in [0, 0.05) is 68.2 Å². The second-order valence-corrected chi connectivity index (χ2v) is 16.6. The molecule has 0 spiro atoms. The van der Waals surface area contributed by atoms with Gasteiger partial charge in [-0.1, -0.05) is 6.07 Å². The zero-order valence-electron chi connectivity index (χ0n) is 32.9. The largest absolute Gasteiger partial charge is 0.386 e. The van der Waals surface area contributed by atoms with E-state index in [4.69, 9.17) is 5.10 Å². The molecule has 57 heavy (non-hydrogen) atoms. The molecule has 15 heteroatoms. The molecule has 8 rings (SSSR count). The number of aryl methyl sites for hydroxylation is 1. The first-order valence-corrected chi connectivity index (χ1v) is 19.9. The Morgan fingerprint density at radius 1 is 1.04 bits per heavy atom. The molecular weight excluding hydrogens is 730 g/mol. The molecule has 3 N–H and O–H groups in total. The van der Waals surface area contributed by atoms with Crippen LogP contribution in [-0.4, -0.2) is 84.4 Å². The third kappa shape index (κ3) is 7.45. The van der Waals surface area contributed by atoms with E-state index in [9.17, 15) is 28.7 Å². The Morgan fingerprint density at radius 3 is 2.49 bits per heavy atom. The maximum Gasteiger partial charge on any atom is 0.329 e. The number of aliphatic hydroxyl groups is 1. The van der Waals surface area contributed by atoms with E-state index < -0.39 is 29.3 Å². The van der Waals surface area contributed by atoms with Crippen molar-refractivity contribution in [2.75, 3.05) is 36.9 Å². The fraction of sp³-hybridized carbons (Fsp3) is 0.476. The van der Waals surface area contributed by atoms with Crippen LogP contribution in [0.3, 0.4) is 0 Å². The fourth-order valence-corrected chi connectivity index (χ4v) is 9.22. The lowest BCUT2D eigenvalue weighted by molar-refractivity contribution is -0.135. The number of pyridine rings is 1. The number of imide groups is 1. The number of imidazole rings is 1. The second kappa shape index (κ2) is 15.2. The van der Waals surface area contributed by atoms with E-state index in [2.05, 4.69) is 38.5 Å². The molecule has 1 unspecified atom stereocenters. The van der Waals surface area contributed by atoms with Crippen LogP contribution in [0.15, 0.2) is 59.7 Å². The summed E-state index contributed by atoms with van der Waals surface area (Å²) < 4.78 is 19.5. The first kappa shape index (κ1) is 38.5. The van der Waals surface area contributed by atoms with Crippen LogP contribution in [0.25, 0.3) is 21.9 Å². The molecule has 3 amide bonds. The molecule has 1 saturated carbocycles. The van der Waals surface area contributed by atoms with E-state index >= 15 is 0 Å². The van der Waals surface area contributed by atoms with Gasteiger partial charge in [-0.25, -0.2) is 14.2 Å². The number of carbonyl (C=O) groups is 3. The normalized spacial score (nSPS) is 21.1. The summed E-state index contributed by atoms with van der Waals surface area (Å²) in [5, 5.41) is 21.9. The van der Waals surface area contributed by atoms with E-state index in [1.807, 2.05) is 23.0 Å². The number of hydrogen-bond donors (Lipinski definition) is 3. The Morgan fingerprint density at radius 2 is 1.79 bits per heavy atom. The molecule has 5 aromatic rings. The molecule has 1 aliphatic carbocycles. The summed E-state index contributed by atoms with van der Waals surface area (Å²) >= 11 is 0. The van der Waals surface area contributed by atoms with Gasteiger partial charge in [0.15, 0.2) is 11.5 Å². The van der Waals surface area contributed by atoms with Gasteiger partial charge in [0.2, 0.25) is 11.8 Å². The van der Waals surface area contributed by atoms with E-state index in [0.717, 1.165) is 74.7 Å². The molecule has 300 valence electrons. The summed E-state index contributed by atoms with van der Waals surface area (Å²) in [5.41, 5.74) is 2.22. The Hall–Kier alpha value is -5.41. The Balaban J connectivity index is 0.885. The molecule has 2 aliphatic heterocycles. The highest BCUT2D eigenvalue weighted by Crippen LogP contribution is 2.37. The van der Waals surface area contributed by atoms with Crippen LogP contribution >= 0.6 is 0 Å². The van der Waals surface area contributed by atoms with Crippen molar-refractivity contribution < 1.29 is 23.9 Å². The number of hydrogen-bond acceptors (Lipinski definition) is 9. The van der Waals surface area contributed by atoms with E-state index in [0.29, 0.717) is 40.7 Å². The number of anilines is 2. The van der Waals surface area contributed by atoms with Gasteiger partial charge in [-0.2, -0.15) is 5.10 Å². The summed E-state index contributed by atoms with van der Waals surface area (Å²) in [6, 6.07) is 12.0. The number of nitrogens with zero attached hydrogens (tertiary/aromatic N) is 7. The van der Waals surface area contributed by atoms with Crippen molar-refractivity contribution in [3.05, 3.63) is 82.4 Å². The molecule has 3 fully saturated rings. The van der Waals surface area contributed by atoms with Gasteiger partial charge >= 0.3 is 5.69 Å². The van der Waals surface area contributed by atoms with Gasteiger partial charge in [-0.05, 0) is 108 Å². The van der Waals surface area contributed by atoms with Gasteiger partial charge in [0.25, 0.3) is 5.91 Å². The molecule has 3 aliphatic rings. The molecule has 1 atom stereocenters. The predicted octanol–water partition coefficient (Wildman–Crippen LogP) is 5.01. The standard InChI is InChI=1S/C42H50FN9O5/c1-42(2,57)29-22-31-26(21-32(29)45-40(55)37-30(43)7-6-18-44-37)24-51(47-31)28-12-10-25(11-13-28)23-48(3)27-16-19-50(20-17-27)33-8-5-9-34-38(33)49(4)41(56)52(34)35-14-15-36(53)46-39(35)54/h5-9,18,21-22,24-25,27-28,35,57H,10-17,19-20,23H2,1-4H3,(H,45,55)(H,46,53,54). The highest BCUT2D eigenvalue weighted by molar-refractivity contribution is 6.05. The summed E-state index contributed by atoms with van der Waals surface area (Å²) in [6.45, 7) is 6.01. The van der Waals surface area contributed by atoms with Crippen molar-refractivity contribution in [1.82, 2.24) is 34.1 Å². The molecule has 2 aromatic carbocycles. The lowest BCUT2D eigenvalue weighted by atomic mass is 9.85. The van der Waals surface area contributed by atoms with Crippen molar-refractivity contribution in [3.8, 4) is 0 Å². The molecule has 2 saturated heterocycles. The van der Waals surface area contributed by atoms with Crippen LogP contribution in [0.4, 0.5) is 15.8 Å². The summed E-state index contributed by atoms with van der Waals surface area (Å²) in [7, 11) is 3.98. The number of halogens is 1. The average Bonchev–Trinajstić information content (AvgIpc) is 3.72. The quantitative estimate of drug-likeness (QED) is 0.175. The van der Waals surface area contributed by atoms with Gasteiger partial charge in [-0.15, -0.1) is 0 Å². The highest BCUT2D eigenvalue weighted by atomic mass is 19.1. The monoisotopic (exact) mass is 779 g/mol. The van der Waals surface area contributed by atoms with Crippen molar-refractivity contribution in [3.63, 3.8) is 0 Å². The van der Waals surface area contributed by atoms with Crippen molar-refractivity contribution in [1.29, 1.82) is 0 Å². The number of rotatable bonds is 9. The molecule has 0 radical (unpaired) electrons. The average molecular weight is 780 g/mol. The zero-order valence-corrected chi connectivity index (χ0v) is 32.9. The topological polar surface area (TPSA) is 160 Å². The number of nitrogens with one attached hydrogen (secondary N) is 2. The Kier molecular flexibility index (Phi) is 10.2. The maximum absolute atomic E-state index is 14.3. The summed E-state index contributed by atoms with van der Waals surface area (Å²) in [5.74, 6) is -1.58. The smallest absolute Gasteiger partial charge is 0.329 e. The highest BCUT2D eigenvalue weighted by Gasteiger charge is 2.34. The van der Waals surface area contributed by atoms with Crippen LogP contribution in [0.5, 0.6) is 0 Å². The van der Waals surface area contributed by atoms with Crippen LogP contribution in [-0.2, 0) is 22.2 Å². The van der Waals surface area contributed by atoms with Crippen molar-refractivity contribution in [2.24, 2.45) is 13.0 Å². The van der Waals surface area contributed by atoms with Crippen molar-refractivity contribution in [2.45, 2.75) is 88.9 Å². The first-order chi connectivity index (χ1) is 27.3. The third-order valence-corrected chi connectivity index (χ3v) is 12.3. The third-order valence-electron chi connectivity index (χ3n) is 12.3. The minimum atomic E-state index is -1.29.